The number of rotatable bonds is 0. The van der Waals surface area contributed by atoms with Crippen LogP contribution in [0.15, 0.2) is 0 Å². The minimum atomic E-state index is 0. The zero-order valence-electron chi connectivity index (χ0n) is 5.36. The van der Waals surface area contributed by atoms with Crippen LogP contribution in [0, 0.1) is 20.8 Å². The Morgan fingerprint density at radius 3 is 1.89 bits per heavy atom. The third kappa shape index (κ3) is 1.79. The molecule has 0 aliphatic rings. The fourth-order valence-corrected chi connectivity index (χ4v) is 1.45. The van der Waals surface area contributed by atoms with Crippen molar-refractivity contribution in [2.24, 2.45) is 0 Å². The van der Waals surface area contributed by atoms with Crippen LogP contribution in [-0.4, -0.2) is 4.98 Å². The van der Waals surface area contributed by atoms with Gasteiger partial charge in [-0.15, -0.1) is 11.3 Å². The van der Waals surface area contributed by atoms with Crippen molar-refractivity contribution in [3.05, 3.63) is 15.6 Å². The number of hydrogen-bond acceptors (Lipinski definition) is 2. The number of nitrogens with zero attached hydrogens (tertiary/aromatic N) is 1. The van der Waals surface area contributed by atoms with E-state index in [2.05, 4.69) is 11.9 Å². The van der Waals surface area contributed by atoms with Gasteiger partial charge in [0.25, 0.3) is 0 Å². The van der Waals surface area contributed by atoms with Crippen LogP contribution in [0.3, 0.4) is 0 Å². The monoisotopic (exact) mass is 143 g/mol. The molecule has 0 aliphatic carbocycles. The van der Waals surface area contributed by atoms with E-state index in [1.54, 1.807) is 11.3 Å². The van der Waals surface area contributed by atoms with Gasteiger partial charge in [0, 0.05) is 4.88 Å². The zero-order chi connectivity index (χ0) is 6.15. The molecule has 0 saturated carbocycles. The first kappa shape index (κ1) is 8.63. The molecule has 1 nitrogen and oxygen atoms in total. The fraction of sp³-hybridized carbons (Fsp3) is 0.571. The topological polar surface area (TPSA) is 12.9 Å². The molecule has 1 aromatic rings. The maximum Gasteiger partial charge on any atom is 0.0899 e. The maximum absolute atomic E-state index is 4.23. The first-order valence-corrected chi connectivity index (χ1v) is 3.42. The van der Waals surface area contributed by atoms with Gasteiger partial charge in [0.15, 0.2) is 0 Å². The minimum absolute atomic E-state index is 0. The van der Waals surface area contributed by atoms with Gasteiger partial charge in [0.2, 0.25) is 0 Å². The molecule has 2 heteroatoms. The van der Waals surface area contributed by atoms with Gasteiger partial charge < -0.3 is 0 Å². The summed E-state index contributed by atoms with van der Waals surface area (Å²) in [6, 6.07) is 0. The van der Waals surface area contributed by atoms with Crippen LogP contribution in [0.25, 0.3) is 0 Å². The van der Waals surface area contributed by atoms with Gasteiger partial charge in [-0.05, 0) is 20.8 Å². The predicted octanol–water partition coefficient (Wildman–Crippen LogP) is 2.70. The molecule has 0 aromatic carbocycles. The molecule has 0 fully saturated rings. The Bertz CT molecular complexity index is 171. The number of thiazole rings is 1. The Morgan fingerprint density at radius 2 is 1.78 bits per heavy atom. The lowest BCUT2D eigenvalue weighted by molar-refractivity contribution is 1.18. The first-order valence-electron chi connectivity index (χ1n) is 2.61. The van der Waals surface area contributed by atoms with Gasteiger partial charge >= 0.3 is 0 Å². The van der Waals surface area contributed by atoms with E-state index in [4.69, 9.17) is 0 Å². The third-order valence-electron chi connectivity index (χ3n) is 1.14. The summed E-state index contributed by atoms with van der Waals surface area (Å²) in [4.78, 5) is 5.56. The van der Waals surface area contributed by atoms with Gasteiger partial charge in [-0.2, -0.15) is 0 Å². The molecule has 9 heavy (non-hydrogen) atoms. The van der Waals surface area contributed by atoms with Crippen molar-refractivity contribution in [1.82, 2.24) is 4.98 Å². The second-order valence-electron chi connectivity index (χ2n) is 1.87. The van der Waals surface area contributed by atoms with Gasteiger partial charge in [-0.3, -0.25) is 0 Å². The highest BCUT2D eigenvalue weighted by molar-refractivity contribution is 7.11. The molecule has 1 rings (SSSR count). The van der Waals surface area contributed by atoms with Crippen molar-refractivity contribution >= 4 is 11.3 Å². The van der Waals surface area contributed by atoms with E-state index in [0.717, 1.165) is 0 Å². The normalized spacial score (nSPS) is 8.78. The van der Waals surface area contributed by atoms with Gasteiger partial charge in [0.1, 0.15) is 0 Å². The summed E-state index contributed by atoms with van der Waals surface area (Å²) >= 11 is 1.76. The summed E-state index contributed by atoms with van der Waals surface area (Å²) in [5.74, 6) is 0. The average molecular weight is 143 g/mol. The largest absolute Gasteiger partial charge is 0.247 e. The van der Waals surface area contributed by atoms with E-state index in [0.29, 0.717) is 0 Å². The van der Waals surface area contributed by atoms with Crippen molar-refractivity contribution in [2.45, 2.75) is 28.2 Å². The predicted molar refractivity (Wildman–Crippen MR) is 43.1 cm³/mol. The Morgan fingerprint density at radius 1 is 1.22 bits per heavy atom. The van der Waals surface area contributed by atoms with Crippen LogP contribution < -0.4 is 0 Å². The smallest absolute Gasteiger partial charge is 0.0899 e. The Balaban J connectivity index is 0.000000640. The van der Waals surface area contributed by atoms with Crippen LogP contribution in [-0.2, 0) is 0 Å². The van der Waals surface area contributed by atoms with Crippen molar-refractivity contribution in [3.63, 3.8) is 0 Å². The molecule has 52 valence electrons. The molecule has 0 aliphatic heterocycles. The van der Waals surface area contributed by atoms with Gasteiger partial charge in [-0.1, -0.05) is 7.43 Å². The quantitative estimate of drug-likeness (QED) is 0.544. The van der Waals surface area contributed by atoms with Crippen LogP contribution in [0.2, 0.25) is 0 Å². The maximum atomic E-state index is 4.23. The second kappa shape index (κ2) is 2.97. The average Bonchev–Trinajstić information content (AvgIpc) is 1.85. The molecule has 0 radical (unpaired) electrons. The molecule has 0 unspecified atom stereocenters. The van der Waals surface area contributed by atoms with Crippen molar-refractivity contribution < 1.29 is 0 Å². The van der Waals surface area contributed by atoms with E-state index in [1.165, 1.54) is 15.6 Å². The summed E-state index contributed by atoms with van der Waals surface area (Å²) in [6.45, 7) is 6.17. The molecule has 0 saturated heterocycles. The Kier molecular flexibility index (Phi) is 2.85. The molecule has 0 spiro atoms. The number of hydrogen-bond donors (Lipinski definition) is 0. The Labute approximate surface area is 60.8 Å². The Hall–Kier alpha value is -0.370. The molecule has 1 aromatic heterocycles. The van der Waals surface area contributed by atoms with E-state index >= 15 is 0 Å². The second-order valence-corrected chi connectivity index (χ2v) is 3.28. The molecular weight excluding hydrogens is 130 g/mol. The van der Waals surface area contributed by atoms with Crippen LogP contribution in [0.5, 0.6) is 0 Å². The summed E-state index contributed by atoms with van der Waals surface area (Å²) in [5, 5.41) is 1.17. The highest BCUT2D eigenvalue weighted by atomic mass is 32.1. The van der Waals surface area contributed by atoms with E-state index in [9.17, 15) is 0 Å². The van der Waals surface area contributed by atoms with Crippen molar-refractivity contribution in [1.29, 1.82) is 0 Å². The van der Waals surface area contributed by atoms with Gasteiger partial charge in [-0.25, -0.2) is 4.98 Å². The van der Waals surface area contributed by atoms with Gasteiger partial charge in [0.05, 0.1) is 10.7 Å². The van der Waals surface area contributed by atoms with E-state index in [1.807, 2.05) is 13.8 Å². The summed E-state index contributed by atoms with van der Waals surface area (Å²) in [6.07, 6.45) is 0. The van der Waals surface area contributed by atoms with Crippen molar-refractivity contribution in [2.75, 3.05) is 0 Å². The molecular formula is C7H13NS. The fourth-order valence-electron chi connectivity index (χ4n) is 0.633. The third-order valence-corrected chi connectivity index (χ3v) is 2.12. The number of aromatic nitrogens is 1. The summed E-state index contributed by atoms with van der Waals surface area (Å²) in [7, 11) is 0. The SMILES string of the molecule is C.Cc1nc(C)c(C)s1. The molecule has 0 atom stereocenters. The lowest BCUT2D eigenvalue weighted by atomic mass is 10.4. The summed E-state index contributed by atoms with van der Waals surface area (Å²) < 4.78 is 0. The van der Waals surface area contributed by atoms with E-state index < -0.39 is 0 Å². The zero-order valence-corrected chi connectivity index (χ0v) is 6.17. The molecule has 0 bridgehead atoms. The summed E-state index contributed by atoms with van der Waals surface area (Å²) in [5.41, 5.74) is 1.17. The highest BCUT2D eigenvalue weighted by Gasteiger charge is 1.95. The number of aryl methyl sites for hydroxylation is 3. The van der Waals surface area contributed by atoms with E-state index in [-0.39, 0.29) is 7.43 Å². The van der Waals surface area contributed by atoms with Crippen LogP contribution >= 0.6 is 11.3 Å². The molecule has 0 N–H and O–H groups in total. The molecule has 0 amide bonds. The lowest BCUT2D eigenvalue weighted by Gasteiger charge is -1.77. The first-order chi connectivity index (χ1) is 3.70. The van der Waals surface area contributed by atoms with Crippen molar-refractivity contribution in [3.8, 4) is 0 Å². The van der Waals surface area contributed by atoms with Crippen LogP contribution in [0.1, 0.15) is 23.0 Å². The lowest BCUT2D eigenvalue weighted by Crippen LogP contribution is -1.71. The minimum Gasteiger partial charge on any atom is -0.247 e. The molecule has 1 heterocycles. The highest BCUT2D eigenvalue weighted by Crippen LogP contribution is 2.14. The standard InChI is InChI=1S/C6H9NS.CH4/c1-4-5(2)8-6(3)7-4;/h1-3H3;1H4. The van der Waals surface area contributed by atoms with Crippen LogP contribution in [0.4, 0.5) is 0 Å².